The second-order valence-corrected chi connectivity index (χ2v) is 8.95. The summed E-state index contributed by atoms with van der Waals surface area (Å²) in [6.45, 7) is 2.93. The Morgan fingerprint density at radius 1 is 0.879 bits per heavy atom. The van der Waals surface area contributed by atoms with Crippen molar-refractivity contribution in [1.29, 1.82) is 0 Å². The average molecular weight is 453 g/mol. The van der Waals surface area contributed by atoms with Crippen LogP contribution in [0.15, 0.2) is 42.5 Å². The number of benzene rings is 2. The van der Waals surface area contributed by atoms with Crippen LogP contribution in [0.5, 0.6) is 11.5 Å². The fourth-order valence-electron chi connectivity index (χ4n) is 4.28. The predicted octanol–water partition coefficient (Wildman–Crippen LogP) is 6.61. The van der Waals surface area contributed by atoms with E-state index in [1.807, 2.05) is 12.1 Å². The monoisotopic (exact) mass is 452 g/mol. The number of fused-ring (bicyclic) bond motifs is 1. The number of carbonyl (C=O) groups is 2. The van der Waals surface area contributed by atoms with Crippen molar-refractivity contribution in [2.45, 2.75) is 77.6 Å². The lowest BCUT2D eigenvalue weighted by atomic mass is 9.84. The summed E-state index contributed by atoms with van der Waals surface area (Å²) in [6.07, 6.45) is 11.9. The highest BCUT2D eigenvalue weighted by molar-refractivity contribution is 5.91. The smallest absolute Gasteiger partial charge is 0.343 e. The van der Waals surface area contributed by atoms with E-state index < -0.39 is 11.9 Å². The highest BCUT2D eigenvalue weighted by Gasteiger charge is 2.24. The van der Waals surface area contributed by atoms with Gasteiger partial charge >= 0.3 is 11.9 Å². The maximum atomic E-state index is 12.5. The summed E-state index contributed by atoms with van der Waals surface area (Å²) >= 11 is 0. The second kappa shape index (κ2) is 13.0. The molecule has 0 heterocycles. The van der Waals surface area contributed by atoms with Gasteiger partial charge in [0.1, 0.15) is 11.5 Å². The van der Waals surface area contributed by atoms with E-state index in [2.05, 4.69) is 6.92 Å². The molecule has 5 heteroatoms. The van der Waals surface area contributed by atoms with E-state index in [-0.39, 0.29) is 5.92 Å². The molecular weight excluding hydrogens is 416 g/mol. The first-order chi connectivity index (χ1) is 16.1. The van der Waals surface area contributed by atoms with Gasteiger partial charge in [0.25, 0.3) is 0 Å². The highest BCUT2D eigenvalue weighted by Crippen LogP contribution is 2.29. The minimum Gasteiger partial charge on any atom is -0.494 e. The molecule has 1 aliphatic rings. The molecule has 33 heavy (non-hydrogen) atoms. The Kier molecular flexibility index (Phi) is 9.79. The highest BCUT2D eigenvalue weighted by atomic mass is 16.5. The van der Waals surface area contributed by atoms with E-state index in [1.54, 1.807) is 30.3 Å². The van der Waals surface area contributed by atoms with E-state index in [1.165, 1.54) is 44.9 Å². The Labute approximate surface area is 197 Å². The third-order valence-corrected chi connectivity index (χ3v) is 6.32. The van der Waals surface area contributed by atoms with E-state index in [9.17, 15) is 14.7 Å². The molecule has 0 aliphatic heterocycles. The number of aliphatic carboxylic acids is 1. The van der Waals surface area contributed by atoms with Gasteiger partial charge in [0.05, 0.1) is 18.1 Å². The molecule has 1 N–H and O–H groups in total. The lowest BCUT2D eigenvalue weighted by Gasteiger charge is -2.21. The predicted molar refractivity (Wildman–Crippen MR) is 129 cm³/mol. The first kappa shape index (κ1) is 24.8. The largest absolute Gasteiger partial charge is 0.494 e. The van der Waals surface area contributed by atoms with Crippen LogP contribution in [-0.4, -0.2) is 23.7 Å². The molecule has 0 bridgehead atoms. The van der Waals surface area contributed by atoms with Crippen LogP contribution in [-0.2, 0) is 17.6 Å². The van der Waals surface area contributed by atoms with Gasteiger partial charge in [-0.25, -0.2) is 4.79 Å². The molecular formula is C28H36O5. The van der Waals surface area contributed by atoms with Crippen molar-refractivity contribution in [3.05, 3.63) is 59.2 Å². The number of aryl methyl sites for hydroxylation is 1. The third-order valence-electron chi connectivity index (χ3n) is 6.32. The Morgan fingerprint density at radius 3 is 2.24 bits per heavy atom. The van der Waals surface area contributed by atoms with Crippen LogP contribution in [0.4, 0.5) is 0 Å². The van der Waals surface area contributed by atoms with Crippen molar-refractivity contribution in [2.75, 3.05) is 6.61 Å². The summed E-state index contributed by atoms with van der Waals surface area (Å²) in [7, 11) is 0. The maximum absolute atomic E-state index is 12.5. The first-order valence-corrected chi connectivity index (χ1v) is 12.4. The van der Waals surface area contributed by atoms with Crippen molar-refractivity contribution >= 4 is 11.9 Å². The van der Waals surface area contributed by atoms with E-state index >= 15 is 0 Å². The number of unbranched alkanes of at least 4 members (excludes halogenated alkanes) is 7. The maximum Gasteiger partial charge on any atom is 0.343 e. The third kappa shape index (κ3) is 7.92. The molecule has 2 aromatic carbocycles. The molecule has 3 rings (SSSR count). The van der Waals surface area contributed by atoms with Gasteiger partial charge in [-0.15, -0.1) is 0 Å². The molecule has 0 radical (unpaired) electrons. The van der Waals surface area contributed by atoms with E-state index in [0.29, 0.717) is 37.2 Å². The van der Waals surface area contributed by atoms with Crippen molar-refractivity contribution < 1.29 is 24.2 Å². The SMILES string of the molecule is CCCCCCCCCCOc1ccc(C(=O)Oc2ccc3c(c2)CCC(C(=O)O)C3)cc1. The van der Waals surface area contributed by atoms with Gasteiger partial charge in [-0.3, -0.25) is 4.79 Å². The topological polar surface area (TPSA) is 72.8 Å². The van der Waals surface area contributed by atoms with Crippen LogP contribution >= 0.6 is 0 Å². The normalized spacial score (nSPS) is 15.0. The molecule has 0 amide bonds. The second-order valence-electron chi connectivity index (χ2n) is 8.95. The minimum absolute atomic E-state index is 0.331. The lowest BCUT2D eigenvalue weighted by molar-refractivity contribution is -0.142. The fraction of sp³-hybridized carbons (Fsp3) is 0.500. The standard InChI is InChI=1S/C28H36O5/c1-2-3-4-5-6-7-8-9-18-32-25-15-12-21(13-16-25)28(31)33-26-17-14-22-19-24(27(29)30)11-10-23(22)20-26/h12-17,20,24H,2-11,18-19H2,1H3,(H,29,30). The summed E-state index contributed by atoms with van der Waals surface area (Å²) in [5, 5.41) is 9.22. The molecule has 1 unspecified atom stereocenters. The molecule has 1 atom stereocenters. The van der Waals surface area contributed by atoms with E-state index in [0.717, 1.165) is 23.3 Å². The van der Waals surface area contributed by atoms with Crippen molar-refractivity contribution in [3.63, 3.8) is 0 Å². The van der Waals surface area contributed by atoms with Crippen LogP contribution in [0.2, 0.25) is 0 Å². The van der Waals surface area contributed by atoms with Crippen LogP contribution in [0.3, 0.4) is 0 Å². The molecule has 0 saturated heterocycles. The van der Waals surface area contributed by atoms with Gasteiger partial charge in [0, 0.05) is 0 Å². The van der Waals surface area contributed by atoms with Gasteiger partial charge in [-0.2, -0.15) is 0 Å². The minimum atomic E-state index is -0.749. The van der Waals surface area contributed by atoms with Crippen LogP contribution < -0.4 is 9.47 Å². The Bertz CT molecular complexity index is 903. The van der Waals surface area contributed by atoms with Crippen LogP contribution in [0.1, 0.15) is 86.2 Å². The zero-order valence-corrected chi connectivity index (χ0v) is 19.7. The van der Waals surface area contributed by atoms with E-state index in [4.69, 9.17) is 9.47 Å². The Morgan fingerprint density at radius 2 is 1.55 bits per heavy atom. The number of carbonyl (C=O) groups excluding carboxylic acids is 1. The van der Waals surface area contributed by atoms with Gasteiger partial charge in [0.15, 0.2) is 0 Å². The molecule has 0 spiro atoms. The van der Waals surface area contributed by atoms with Crippen molar-refractivity contribution in [1.82, 2.24) is 0 Å². The van der Waals surface area contributed by atoms with Crippen LogP contribution in [0.25, 0.3) is 0 Å². The lowest BCUT2D eigenvalue weighted by Crippen LogP contribution is -2.22. The average Bonchev–Trinajstić information content (AvgIpc) is 2.83. The number of ether oxygens (including phenoxy) is 2. The number of hydrogen-bond donors (Lipinski definition) is 1. The van der Waals surface area contributed by atoms with Gasteiger partial charge < -0.3 is 14.6 Å². The molecule has 0 fully saturated rings. The summed E-state index contributed by atoms with van der Waals surface area (Å²) in [5.74, 6) is -0.244. The van der Waals surface area contributed by atoms with Crippen LogP contribution in [0, 0.1) is 5.92 Å². The molecule has 1 aliphatic carbocycles. The number of carboxylic acid groups (broad SMARTS) is 1. The fourth-order valence-corrected chi connectivity index (χ4v) is 4.28. The van der Waals surface area contributed by atoms with Gasteiger partial charge in [0.2, 0.25) is 0 Å². The Hall–Kier alpha value is -2.82. The Balaban J connectivity index is 1.40. The molecule has 5 nitrogen and oxygen atoms in total. The quantitative estimate of drug-likeness (QED) is 0.210. The van der Waals surface area contributed by atoms with Crippen molar-refractivity contribution in [3.8, 4) is 11.5 Å². The summed E-state index contributed by atoms with van der Waals surface area (Å²) in [6, 6.07) is 12.5. The number of esters is 1. The number of hydrogen-bond acceptors (Lipinski definition) is 4. The molecule has 0 aromatic heterocycles. The number of carboxylic acids is 1. The summed E-state index contributed by atoms with van der Waals surface area (Å²) in [4.78, 5) is 23.7. The summed E-state index contributed by atoms with van der Waals surface area (Å²) < 4.78 is 11.3. The van der Waals surface area contributed by atoms with Crippen molar-refractivity contribution in [2.24, 2.45) is 5.92 Å². The zero-order valence-electron chi connectivity index (χ0n) is 19.7. The molecule has 0 saturated carbocycles. The molecule has 178 valence electrons. The molecule has 2 aromatic rings. The summed E-state index contributed by atoms with van der Waals surface area (Å²) in [5.41, 5.74) is 2.55. The number of rotatable bonds is 13. The first-order valence-electron chi connectivity index (χ1n) is 12.4. The van der Waals surface area contributed by atoms with Gasteiger partial charge in [-0.05, 0) is 73.2 Å². The van der Waals surface area contributed by atoms with Gasteiger partial charge in [-0.1, -0.05) is 57.9 Å². The zero-order chi connectivity index (χ0) is 23.5.